The van der Waals surface area contributed by atoms with Crippen LogP contribution >= 0.6 is 0 Å². The van der Waals surface area contributed by atoms with Gasteiger partial charge in [0.1, 0.15) is 0 Å². The molecular weight excluding hydrogens is 392 g/mol. The molecule has 5 heteroatoms. The van der Waals surface area contributed by atoms with Crippen LogP contribution in [0, 0.1) is 23.2 Å². The monoisotopic (exact) mass is 432 g/mol. The summed E-state index contributed by atoms with van der Waals surface area (Å²) in [6.45, 7) is 5.70. The van der Waals surface area contributed by atoms with Gasteiger partial charge in [0.25, 0.3) is 0 Å². The standard InChI is InChI=1S/C26H40O5/c1-4-5-9-16-26(18(2)3,25(30)31)24-21(22(28)17-23(24)29)15-14-20(27)13-12-19-10-7-6-8-11-19/h4-8,10-11,18,20-24,27-29H,9,12-17H2,1-3H3,(H,30,31)/b5-4-/t20-,21-,22+,23-,24-,26?/m0/s1. The number of hydrogen-bond acceptors (Lipinski definition) is 4. The quantitative estimate of drug-likeness (QED) is 0.371. The third-order valence-corrected chi connectivity index (χ3v) is 7.28. The Bertz CT molecular complexity index is 701. The zero-order chi connectivity index (χ0) is 23.0. The molecule has 4 N–H and O–H groups in total. The summed E-state index contributed by atoms with van der Waals surface area (Å²) in [5.74, 6) is -1.97. The van der Waals surface area contributed by atoms with E-state index in [1.165, 1.54) is 5.56 Å². The number of carbonyl (C=O) groups is 1. The maximum absolute atomic E-state index is 12.6. The first kappa shape index (κ1) is 25.6. The van der Waals surface area contributed by atoms with E-state index in [-0.39, 0.29) is 18.3 Å². The highest BCUT2D eigenvalue weighted by Gasteiger charge is 2.57. The van der Waals surface area contributed by atoms with E-state index in [2.05, 4.69) is 0 Å². The fourth-order valence-corrected chi connectivity index (χ4v) is 5.52. The van der Waals surface area contributed by atoms with Crippen LogP contribution in [0.1, 0.15) is 64.9 Å². The summed E-state index contributed by atoms with van der Waals surface area (Å²) in [6.07, 6.45) is 5.36. The Morgan fingerprint density at radius 3 is 2.42 bits per heavy atom. The lowest BCUT2D eigenvalue weighted by Crippen LogP contribution is -2.49. The van der Waals surface area contributed by atoms with E-state index < -0.39 is 35.6 Å². The molecule has 6 atom stereocenters. The van der Waals surface area contributed by atoms with Crippen LogP contribution in [0.4, 0.5) is 0 Å². The van der Waals surface area contributed by atoms with Crippen LogP contribution in [0.15, 0.2) is 42.5 Å². The molecule has 1 aromatic rings. The van der Waals surface area contributed by atoms with Gasteiger partial charge in [-0.15, -0.1) is 0 Å². The topological polar surface area (TPSA) is 98.0 Å². The van der Waals surface area contributed by atoms with Crippen LogP contribution in [0.3, 0.4) is 0 Å². The van der Waals surface area contributed by atoms with E-state index in [0.717, 1.165) is 6.42 Å². The summed E-state index contributed by atoms with van der Waals surface area (Å²) >= 11 is 0. The molecule has 1 unspecified atom stereocenters. The van der Waals surface area contributed by atoms with Gasteiger partial charge in [0.2, 0.25) is 0 Å². The van der Waals surface area contributed by atoms with Gasteiger partial charge in [-0.1, -0.05) is 56.3 Å². The van der Waals surface area contributed by atoms with Gasteiger partial charge in [-0.2, -0.15) is 0 Å². The van der Waals surface area contributed by atoms with Crippen LogP contribution in [-0.2, 0) is 11.2 Å². The average Bonchev–Trinajstić information content (AvgIpc) is 3.01. The maximum atomic E-state index is 12.6. The fraction of sp³-hybridized carbons (Fsp3) is 0.654. The average molecular weight is 433 g/mol. The van der Waals surface area contributed by atoms with Crippen molar-refractivity contribution in [2.45, 2.75) is 84.0 Å². The third kappa shape index (κ3) is 6.18. The summed E-state index contributed by atoms with van der Waals surface area (Å²) in [6, 6.07) is 10.00. The van der Waals surface area contributed by atoms with Gasteiger partial charge in [-0.25, -0.2) is 0 Å². The number of rotatable bonds is 12. The number of allylic oxidation sites excluding steroid dienone is 2. The lowest BCUT2D eigenvalue weighted by molar-refractivity contribution is -0.163. The molecule has 0 radical (unpaired) electrons. The van der Waals surface area contributed by atoms with Crippen molar-refractivity contribution in [3.63, 3.8) is 0 Å². The van der Waals surface area contributed by atoms with E-state index >= 15 is 0 Å². The summed E-state index contributed by atoms with van der Waals surface area (Å²) in [4.78, 5) is 12.6. The number of aryl methyl sites for hydroxylation is 1. The molecule has 0 aromatic heterocycles. The molecule has 31 heavy (non-hydrogen) atoms. The van der Waals surface area contributed by atoms with E-state index in [1.807, 2.05) is 63.3 Å². The second kappa shape index (κ2) is 11.8. The Morgan fingerprint density at radius 1 is 1.16 bits per heavy atom. The first-order valence-electron chi connectivity index (χ1n) is 11.7. The van der Waals surface area contributed by atoms with Gasteiger partial charge >= 0.3 is 5.97 Å². The van der Waals surface area contributed by atoms with E-state index in [1.54, 1.807) is 0 Å². The van der Waals surface area contributed by atoms with Crippen molar-refractivity contribution in [3.8, 4) is 0 Å². The Balaban J connectivity index is 2.13. The predicted molar refractivity (Wildman–Crippen MR) is 123 cm³/mol. The highest BCUT2D eigenvalue weighted by molar-refractivity contribution is 5.75. The van der Waals surface area contributed by atoms with Gasteiger partial charge in [0.15, 0.2) is 0 Å². The third-order valence-electron chi connectivity index (χ3n) is 7.28. The number of benzene rings is 1. The van der Waals surface area contributed by atoms with Crippen molar-refractivity contribution in [1.29, 1.82) is 0 Å². The van der Waals surface area contributed by atoms with Crippen LogP contribution in [0.5, 0.6) is 0 Å². The molecule has 1 saturated carbocycles. The first-order chi connectivity index (χ1) is 14.7. The first-order valence-corrected chi connectivity index (χ1v) is 11.7. The van der Waals surface area contributed by atoms with Gasteiger partial charge in [0, 0.05) is 5.92 Å². The van der Waals surface area contributed by atoms with Crippen LogP contribution in [-0.4, -0.2) is 44.7 Å². The number of aliphatic hydroxyl groups excluding tert-OH is 3. The smallest absolute Gasteiger partial charge is 0.310 e. The molecule has 0 aliphatic heterocycles. The van der Waals surface area contributed by atoms with Gasteiger partial charge in [-0.3, -0.25) is 4.79 Å². The zero-order valence-electron chi connectivity index (χ0n) is 19.2. The van der Waals surface area contributed by atoms with E-state index in [4.69, 9.17) is 0 Å². The minimum atomic E-state index is -1.12. The molecule has 5 nitrogen and oxygen atoms in total. The molecule has 2 rings (SSSR count). The highest BCUT2D eigenvalue weighted by Crippen LogP contribution is 2.52. The van der Waals surface area contributed by atoms with Crippen LogP contribution in [0.2, 0.25) is 0 Å². The number of hydrogen-bond donors (Lipinski definition) is 4. The van der Waals surface area contributed by atoms with Crippen LogP contribution < -0.4 is 0 Å². The van der Waals surface area contributed by atoms with Crippen molar-refractivity contribution in [3.05, 3.63) is 48.0 Å². The Hall–Kier alpha value is -1.69. The number of carboxylic acids is 1. The minimum Gasteiger partial charge on any atom is -0.481 e. The lowest BCUT2D eigenvalue weighted by atomic mass is 9.60. The molecule has 174 valence electrons. The SMILES string of the molecule is C/C=C\CCC(C(=O)O)(C(C)C)[C@H]1[C@@H](CC[C@@H](O)CCc2ccccc2)[C@H](O)C[C@@H]1O. The van der Waals surface area contributed by atoms with Crippen LogP contribution in [0.25, 0.3) is 0 Å². The molecule has 0 heterocycles. The Morgan fingerprint density at radius 2 is 1.84 bits per heavy atom. The molecule has 0 saturated heterocycles. The summed E-state index contributed by atoms with van der Waals surface area (Å²) in [5.41, 5.74) is 0.0558. The number of aliphatic carboxylic acids is 1. The van der Waals surface area contributed by atoms with Crippen molar-refractivity contribution in [1.82, 2.24) is 0 Å². The van der Waals surface area contributed by atoms with Gasteiger partial charge < -0.3 is 20.4 Å². The van der Waals surface area contributed by atoms with Crippen molar-refractivity contribution < 1.29 is 25.2 Å². The highest BCUT2D eigenvalue weighted by atomic mass is 16.4. The summed E-state index contributed by atoms with van der Waals surface area (Å²) < 4.78 is 0. The molecule has 0 spiro atoms. The molecule has 1 aromatic carbocycles. The molecule has 1 fully saturated rings. The fourth-order valence-electron chi connectivity index (χ4n) is 5.52. The maximum Gasteiger partial charge on any atom is 0.310 e. The molecular formula is C26H40O5. The van der Waals surface area contributed by atoms with Crippen molar-refractivity contribution >= 4 is 5.97 Å². The second-order valence-corrected chi connectivity index (χ2v) is 9.42. The largest absolute Gasteiger partial charge is 0.481 e. The molecule has 0 bridgehead atoms. The zero-order valence-corrected chi connectivity index (χ0v) is 19.2. The Kier molecular flexibility index (Phi) is 9.73. The molecule has 0 amide bonds. The minimum absolute atomic E-state index is 0.189. The number of aliphatic hydroxyl groups is 3. The molecule has 1 aliphatic carbocycles. The van der Waals surface area contributed by atoms with Crippen molar-refractivity contribution in [2.24, 2.45) is 23.2 Å². The predicted octanol–water partition coefficient (Wildman–Crippen LogP) is 4.20. The van der Waals surface area contributed by atoms with E-state index in [9.17, 15) is 25.2 Å². The summed E-state index contributed by atoms with van der Waals surface area (Å²) in [7, 11) is 0. The van der Waals surface area contributed by atoms with Gasteiger partial charge in [-0.05, 0) is 69.3 Å². The normalized spacial score (nSPS) is 26.9. The summed E-state index contributed by atoms with van der Waals surface area (Å²) in [5, 5.41) is 42.4. The Labute approximate surface area is 186 Å². The van der Waals surface area contributed by atoms with Gasteiger partial charge in [0.05, 0.1) is 23.7 Å². The van der Waals surface area contributed by atoms with Crippen molar-refractivity contribution in [2.75, 3.05) is 0 Å². The van der Waals surface area contributed by atoms with E-state index in [0.29, 0.717) is 32.1 Å². The number of carboxylic acid groups (broad SMARTS) is 1. The lowest BCUT2D eigenvalue weighted by Gasteiger charge is -2.43. The second-order valence-electron chi connectivity index (χ2n) is 9.42. The molecule has 1 aliphatic rings.